The Morgan fingerprint density at radius 3 is 2.83 bits per heavy atom. The van der Waals surface area contributed by atoms with Crippen molar-refractivity contribution < 1.29 is 10.0 Å². The summed E-state index contributed by atoms with van der Waals surface area (Å²) in [4.78, 5) is 16.3. The van der Waals surface area contributed by atoms with Gasteiger partial charge in [0.2, 0.25) is 0 Å². The molecule has 1 aromatic rings. The maximum absolute atomic E-state index is 10.6. The average molecular weight is 251 g/mol. The summed E-state index contributed by atoms with van der Waals surface area (Å²) >= 11 is 0. The molecule has 98 valence electrons. The quantitative estimate of drug-likeness (QED) is 0.361. The molecule has 0 aliphatic rings. The van der Waals surface area contributed by atoms with Crippen LogP contribution in [0.15, 0.2) is 23.2 Å². The van der Waals surface area contributed by atoms with Gasteiger partial charge in [0.25, 0.3) is 5.69 Å². The van der Waals surface area contributed by atoms with E-state index in [4.69, 9.17) is 0 Å². The number of phenolic OH excluding ortho intramolecular Hbond substituents is 1. The zero-order chi connectivity index (χ0) is 13.5. The third kappa shape index (κ3) is 4.50. The first kappa shape index (κ1) is 14.1. The van der Waals surface area contributed by atoms with Crippen molar-refractivity contribution in [3.63, 3.8) is 0 Å². The zero-order valence-corrected chi connectivity index (χ0v) is 10.5. The van der Waals surface area contributed by atoms with Crippen molar-refractivity contribution in [1.29, 1.82) is 0 Å². The predicted molar refractivity (Wildman–Crippen MR) is 70.4 cm³/mol. The third-order valence-corrected chi connectivity index (χ3v) is 2.34. The van der Waals surface area contributed by atoms with Gasteiger partial charge in [-0.3, -0.25) is 15.1 Å². The lowest BCUT2D eigenvalue weighted by molar-refractivity contribution is -0.384. The molecule has 6 nitrogen and oxygen atoms in total. The molecular formula is C12H17N3O3. The fraction of sp³-hybridized carbons (Fsp3) is 0.417. The highest BCUT2D eigenvalue weighted by atomic mass is 16.6. The van der Waals surface area contributed by atoms with Crippen LogP contribution in [0.25, 0.3) is 0 Å². The Kier molecular flexibility index (Phi) is 5.26. The van der Waals surface area contributed by atoms with Crippen LogP contribution in [-0.2, 0) is 0 Å². The van der Waals surface area contributed by atoms with Crippen LogP contribution in [0, 0.1) is 10.1 Å². The van der Waals surface area contributed by atoms with Gasteiger partial charge in [-0.2, -0.15) is 0 Å². The maximum Gasteiger partial charge on any atom is 0.270 e. The summed E-state index contributed by atoms with van der Waals surface area (Å²) in [5.74, 6) is -0.00282. The van der Waals surface area contributed by atoms with Gasteiger partial charge in [-0.1, -0.05) is 0 Å². The molecule has 0 unspecified atom stereocenters. The molecule has 0 aliphatic carbocycles. The third-order valence-electron chi connectivity index (χ3n) is 2.34. The molecule has 0 aliphatic heterocycles. The number of nitro benzene ring substituents is 1. The number of non-ortho nitro benzene ring substituents is 1. The molecule has 0 saturated carbocycles. The van der Waals surface area contributed by atoms with E-state index in [0.29, 0.717) is 12.1 Å². The zero-order valence-electron chi connectivity index (χ0n) is 10.5. The highest BCUT2D eigenvalue weighted by molar-refractivity contribution is 5.84. The van der Waals surface area contributed by atoms with Crippen LogP contribution < -0.4 is 0 Å². The van der Waals surface area contributed by atoms with Gasteiger partial charge in [0.1, 0.15) is 5.75 Å². The Labute approximate surface area is 106 Å². The second-order valence-corrected chi connectivity index (χ2v) is 4.19. The van der Waals surface area contributed by atoms with Crippen molar-refractivity contribution in [2.24, 2.45) is 4.99 Å². The van der Waals surface area contributed by atoms with Crippen molar-refractivity contribution >= 4 is 11.9 Å². The molecule has 0 atom stereocenters. The SMILES string of the molecule is CN(C)CCCN=Cc1cc([N+](=O)[O-])ccc1O. The van der Waals surface area contributed by atoms with Crippen LogP contribution in [-0.4, -0.2) is 48.3 Å². The standard InChI is InChI=1S/C12H17N3O3/c1-14(2)7-3-6-13-9-10-8-11(15(17)18)4-5-12(10)16/h4-5,8-9,16H,3,6-7H2,1-2H3. The van der Waals surface area contributed by atoms with Crippen molar-refractivity contribution in [2.45, 2.75) is 6.42 Å². The first-order valence-corrected chi connectivity index (χ1v) is 5.62. The normalized spacial score (nSPS) is 11.3. The first-order chi connectivity index (χ1) is 8.50. The molecular weight excluding hydrogens is 234 g/mol. The van der Waals surface area contributed by atoms with Gasteiger partial charge in [0.15, 0.2) is 0 Å². The second-order valence-electron chi connectivity index (χ2n) is 4.19. The lowest BCUT2D eigenvalue weighted by atomic mass is 10.2. The Bertz CT molecular complexity index is 444. The Morgan fingerprint density at radius 1 is 1.50 bits per heavy atom. The van der Waals surface area contributed by atoms with Crippen LogP contribution in [0.4, 0.5) is 5.69 Å². The van der Waals surface area contributed by atoms with Crippen molar-refractivity contribution in [2.75, 3.05) is 27.2 Å². The number of hydrogen-bond acceptors (Lipinski definition) is 5. The number of nitro groups is 1. The van der Waals surface area contributed by atoms with Crippen molar-refractivity contribution in [1.82, 2.24) is 4.90 Å². The summed E-state index contributed by atoms with van der Waals surface area (Å²) in [6.07, 6.45) is 2.37. The van der Waals surface area contributed by atoms with Crippen LogP contribution in [0.2, 0.25) is 0 Å². The maximum atomic E-state index is 10.6. The molecule has 0 spiro atoms. The monoisotopic (exact) mass is 251 g/mol. The van der Waals surface area contributed by atoms with E-state index in [1.165, 1.54) is 24.4 Å². The fourth-order valence-electron chi connectivity index (χ4n) is 1.40. The lowest BCUT2D eigenvalue weighted by Crippen LogP contribution is -2.13. The Balaban J connectivity index is 2.63. The van der Waals surface area contributed by atoms with Gasteiger partial charge in [0, 0.05) is 30.5 Å². The van der Waals surface area contributed by atoms with E-state index in [1.54, 1.807) is 0 Å². The Morgan fingerprint density at radius 2 is 2.22 bits per heavy atom. The van der Waals surface area contributed by atoms with E-state index in [0.717, 1.165) is 13.0 Å². The van der Waals surface area contributed by atoms with Gasteiger partial charge in [0.05, 0.1) is 4.92 Å². The minimum absolute atomic E-state index is 0.00282. The number of aromatic hydroxyl groups is 1. The van der Waals surface area contributed by atoms with Crippen LogP contribution in [0.5, 0.6) is 5.75 Å². The Hall–Kier alpha value is -1.95. The van der Waals surface area contributed by atoms with Crippen LogP contribution >= 0.6 is 0 Å². The van der Waals surface area contributed by atoms with Crippen LogP contribution in [0.3, 0.4) is 0 Å². The minimum atomic E-state index is -0.497. The molecule has 0 radical (unpaired) electrons. The van der Waals surface area contributed by atoms with E-state index in [1.807, 2.05) is 14.1 Å². The van der Waals surface area contributed by atoms with Gasteiger partial charge in [-0.05, 0) is 33.1 Å². The second kappa shape index (κ2) is 6.70. The molecule has 18 heavy (non-hydrogen) atoms. The predicted octanol–water partition coefficient (Wildman–Crippen LogP) is 1.67. The first-order valence-electron chi connectivity index (χ1n) is 5.62. The molecule has 6 heteroatoms. The summed E-state index contributed by atoms with van der Waals surface area (Å²) in [5, 5.41) is 20.1. The fourth-order valence-corrected chi connectivity index (χ4v) is 1.40. The number of rotatable bonds is 6. The summed E-state index contributed by atoms with van der Waals surface area (Å²) < 4.78 is 0. The number of benzene rings is 1. The molecule has 0 heterocycles. The highest BCUT2D eigenvalue weighted by Crippen LogP contribution is 2.21. The molecule has 1 N–H and O–H groups in total. The number of phenols is 1. The number of hydrogen-bond donors (Lipinski definition) is 1. The van der Waals surface area contributed by atoms with Crippen LogP contribution in [0.1, 0.15) is 12.0 Å². The van der Waals surface area contributed by atoms with E-state index < -0.39 is 4.92 Å². The van der Waals surface area contributed by atoms with Crippen molar-refractivity contribution in [3.8, 4) is 5.75 Å². The topological polar surface area (TPSA) is 79.0 Å². The van der Waals surface area contributed by atoms with Crippen molar-refractivity contribution in [3.05, 3.63) is 33.9 Å². The lowest BCUT2D eigenvalue weighted by Gasteiger charge is -2.06. The van der Waals surface area contributed by atoms with E-state index >= 15 is 0 Å². The summed E-state index contributed by atoms with van der Waals surface area (Å²) in [7, 11) is 3.96. The number of aliphatic imine (C=N–C) groups is 1. The summed E-state index contributed by atoms with van der Waals surface area (Å²) in [6, 6.07) is 3.88. The highest BCUT2D eigenvalue weighted by Gasteiger charge is 2.08. The van der Waals surface area contributed by atoms with Gasteiger partial charge >= 0.3 is 0 Å². The minimum Gasteiger partial charge on any atom is -0.507 e. The largest absolute Gasteiger partial charge is 0.507 e. The van der Waals surface area contributed by atoms with E-state index in [-0.39, 0.29) is 11.4 Å². The molecule has 1 aromatic carbocycles. The van der Waals surface area contributed by atoms with E-state index in [2.05, 4.69) is 9.89 Å². The van der Waals surface area contributed by atoms with Gasteiger partial charge in [-0.15, -0.1) is 0 Å². The van der Waals surface area contributed by atoms with Gasteiger partial charge in [-0.25, -0.2) is 0 Å². The van der Waals surface area contributed by atoms with E-state index in [9.17, 15) is 15.2 Å². The van der Waals surface area contributed by atoms with Gasteiger partial charge < -0.3 is 10.0 Å². The summed E-state index contributed by atoms with van der Waals surface area (Å²) in [6.45, 7) is 1.55. The molecule has 0 fully saturated rings. The molecule has 0 bridgehead atoms. The average Bonchev–Trinajstić information content (AvgIpc) is 2.30. The molecule has 1 rings (SSSR count). The summed E-state index contributed by atoms with van der Waals surface area (Å²) in [5.41, 5.74) is 0.316. The molecule has 0 amide bonds. The number of nitrogens with zero attached hydrogens (tertiary/aromatic N) is 3. The molecule has 0 saturated heterocycles. The smallest absolute Gasteiger partial charge is 0.270 e. The molecule has 0 aromatic heterocycles.